The maximum atomic E-state index is 12.8. The number of carbonyl (C=O) groups is 3. The Hall–Kier alpha value is -2.08. The maximum Gasteiger partial charge on any atom is 0.248 e. The Morgan fingerprint density at radius 1 is 1.21 bits per heavy atom. The Morgan fingerprint density at radius 2 is 1.89 bits per heavy atom. The lowest BCUT2D eigenvalue weighted by atomic mass is 10.0. The van der Waals surface area contributed by atoms with Crippen LogP contribution in [0.25, 0.3) is 0 Å². The molecule has 0 aliphatic carbocycles. The molecule has 1 aromatic rings. The Kier molecular flexibility index (Phi) is 7.87. The zero-order valence-electron chi connectivity index (χ0n) is 17.2. The van der Waals surface area contributed by atoms with Gasteiger partial charge in [0.05, 0.1) is 6.54 Å². The van der Waals surface area contributed by atoms with Gasteiger partial charge in [-0.3, -0.25) is 19.3 Å². The molecule has 1 saturated heterocycles. The molecule has 0 atom stereocenters. The third kappa shape index (κ3) is 4.85. The summed E-state index contributed by atoms with van der Waals surface area (Å²) in [5.41, 5.74) is 1.52. The highest BCUT2D eigenvalue weighted by Gasteiger charge is 2.34. The van der Waals surface area contributed by atoms with Crippen LogP contribution in [0.15, 0.2) is 18.2 Å². The van der Waals surface area contributed by atoms with Gasteiger partial charge in [0.25, 0.3) is 0 Å². The van der Waals surface area contributed by atoms with Crippen molar-refractivity contribution in [3.8, 4) is 0 Å². The first-order valence-electron chi connectivity index (χ1n) is 9.95. The number of amides is 3. The van der Waals surface area contributed by atoms with Crippen molar-refractivity contribution in [3.63, 3.8) is 0 Å². The van der Waals surface area contributed by atoms with Crippen molar-refractivity contribution in [1.29, 1.82) is 0 Å². The van der Waals surface area contributed by atoms with Crippen LogP contribution in [0.4, 0.5) is 5.69 Å². The summed E-state index contributed by atoms with van der Waals surface area (Å²) in [6.07, 6.45) is 2.30. The molecule has 1 aromatic carbocycles. The standard InChI is InChI=1S/C21H30ClN3O3/c1-5-11-23(21(28)16(6-2)7-3)12-19(26)24-13-20(27)25(14-24)18-10-8-9-17(22)15(18)4/h8-10,16H,5-7,11-14H2,1-4H3. The summed E-state index contributed by atoms with van der Waals surface area (Å²) in [5, 5.41) is 0.583. The fraction of sp³-hybridized carbons (Fsp3) is 0.571. The normalized spacial score (nSPS) is 14.1. The number of hydrogen-bond donors (Lipinski definition) is 0. The lowest BCUT2D eigenvalue weighted by Gasteiger charge is -2.27. The lowest BCUT2D eigenvalue weighted by Crippen LogP contribution is -2.45. The Labute approximate surface area is 172 Å². The minimum Gasteiger partial charge on any atom is -0.333 e. The summed E-state index contributed by atoms with van der Waals surface area (Å²) in [4.78, 5) is 42.8. The molecule has 1 heterocycles. The van der Waals surface area contributed by atoms with Gasteiger partial charge in [-0.05, 0) is 43.9 Å². The van der Waals surface area contributed by atoms with Crippen molar-refractivity contribution in [2.75, 3.05) is 31.2 Å². The SMILES string of the molecule is CCCN(CC(=O)N1CC(=O)N(c2cccc(Cl)c2C)C1)C(=O)C(CC)CC. The Morgan fingerprint density at radius 3 is 2.50 bits per heavy atom. The minimum absolute atomic E-state index is 0.0127. The van der Waals surface area contributed by atoms with Crippen LogP contribution < -0.4 is 4.90 Å². The first kappa shape index (κ1) is 22.2. The molecule has 7 heteroatoms. The quantitative estimate of drug-likeness (QED) is 0.663. The van der Waals surface area contributed by atoms with E-state index in [-0.39, 0.29) is 43.4 Å². The van der Waals surface area contributed by atoms with Crippen molar-refractivity contribution < 1.29 is 14.4 Å². The summed E-state index contributed by atoms with van der Waals surface area (Å²) in [6.45, 7) is 8.57. The molecule has 1 fully saturated rings. The molecule has 28 heavy (non-hydrogen) atoms. The van der Waals surface area contributed by atoms with Gasteiger partial charge in [0.15, 0.2) is 0 Å². The molecule has 2 rings (SSSR count). The first-order valence-corrected chi connectivity index (χ1v) is 10.3. The Balaban J connectivity index is 2.10. The van der Waals surface area contributed by atoms with E-state index in [9.17, 15) is 14.4 Å². The Bertz CT molecular complexity index is 734. The highest BCUT2D eigenvalue weighted by molar-refractivity contribution is 6.31. The molecule has 0 aromatic heterocycles. The van der Waals surface area contributed by atoms with Crippen LogP contribution in [0, 0.1) is 12.8 Å². The number of halogens is 1. The first-order chi connectivity index (χ1) is 13.3. The van der Waals surface area contributed by atoms with Crippen LogP contribution >= 0.6 is 11.6 Å². The summed E-state index contributed by atoms with van der Waals surface area (Å²) in [7, 11) is 0. The highest BCUT2D eigenvalue weighted by Crippen LogP contribution is 2.28. The summed E-state index contributed by atoms with van der Waals surface area (Å²) >= 11 is 6.17. The van der Waals surface area contributed by atoms with E-state index in [0.29, 0.717) is 17.3 Å². The van der Waals surface area contributed by atoms with Gasteiger partial charge in [0, 0.05) is 23.2 Å². The second kappa shape index (κ2) is 9.92. The van der Waals surface area contributed by atoms with Crippen molar-refractivity contribution in [3.05, 3.63) is 28.8 Å². The van der Waals surface area contributed by atoms with E-state index < -0.39 is 0 Å². The topological polar surface area (TPSA) is 60.9 Å². The predicted molar refractivity (Wildman–Crippen MR) is 111 cm³/mol. The largest absolute Gasteiger partial charge is 0.333 e. The number of hydrogen-bond acceptors (Lipinski definition) is 3. The fourth-order valence-electron chi connectivity index (χ4n) is 3.51. The number of carbonyl (C=O) groups excluding carboxylic acids is 3. The third-order valence-corrected chi connectivity index (χ3v) is 5.70. The van der Waals surface area contributed by atoms with Crippen LogP contribution in [-0.2, 0) is 14.4 Å². The monoisotopic (exact) mass is 407 g/mol. The van der Waals surface area contributed by atoms with E-state index in [0.717, 1.165) is 24.8 Å². The van der Waals surface area contributed by atoms with Gasteiger partial charge >= 0.3 is 0 Å². The van der Waals surface area contributed by atoms with Crippen molar-refractivity contribution in [1.82, 2.24) is 9.80 Å². The molecule has 1 aliphatic rings. The summed E-state index contributed by atoms with van der Waals surface area (Å²) in [5.74, 6) is -0.395. The van der Waals surface area contributed by atoms with Crippen LogP contribution in [0.5, 0.6) is 0 Å². The zero-order valence-corrected chi connectivity index (χ0v) is 18.0. The van der Waals surface area contributed by atoms with Crippen LogP contribution in [0.3, 0.4) is 0 Å². The van der Waals surface area contributed by atoms with Crippen molar-refractivity contribution >= 4 is 35.0 Å². The molecular formula is C21H30ClN3O3. The van der Waals surface area contributed by atoms with Gasteiger partial charge in [-0.2, -0.15) is 0 Å². The lowest BCUT2D eigenvalue weighted by molar-refractivity contribution is -0.142. The molecule has 0 spiro atoms. The number of benzene rings is 1. The van der Waals surface area contributed by atoms with Gasteiger partial charge < -0.3 is 9.80 Å². The van der Waals surface area contributed by atoms with Crippen LogP contribution in [0.2, 0.25) is 5.02 Å². The van der Waals surface area contributed by atoms with Crippen molar-refractivity contribution in [2.24, 2.45) is 5.92 Å². The molecule has 0 bridgehead atoms. The smallest absolute Gasteiger partial charge is 0.248 e. The molecule has 0 radical (unpaired) electrons. The molecule has 154 valence electrons. The van der Waals surface area contributed by atoms with Gasteiger partial charge in [0.1, 0.15) is 13.2 Å². The predicted octanol–water partition coefficient (Wildman–Crippen LogP) is 3.46. The average Bonchev–Trinajstić information content (AvgIpc) is 3.06. The number of rotatable bonds is 8. The van der Waals surface area contributed by atoms with Gasteiger partial charge in [-0.1, -0.05) is 38.4 Å². The average molecular weight is 408 g/mol. The molecule has 1 aliphatic heterocycles. The van der Waals surface area contributed by atoms with E-state index in [1.54, 1.807) is 21.9 Å². The van der Waals surface area contributed by atoms with E-state index in [1.165, 1.54) is 4.90 Å². The zero-order chi connectivity index (χ0) is 20.8. The maximum absolute atomic E-state index is 12.8. The second-order valence-corrected chi connectivity index (χ2v) is 7.62. The van der Waals surface area contributed by atoms with E-state index in [4.69, 9.17) is 11.6 Å². The summed E-state index contributed by atoms with van der Waals surface area (Å²) < 4.78 is 0. The molecule has 0 unspecified atom stereocenters. The van der Waals surface area contributed by atoms with Crippen LogP contribution in [0.1, 0.15) is 45.6 Å². The third-order valence-electron chi connectivity index (χ3n) is 5.29. The van der Waals surface area contributed by atoms with Gasteiger partial charge in [-0.25, -0.2) is 0 Å². The summed E-state index contributed by atoms with van der Waals surface area (Å²) in [6, 6.07) is 5.39. The van der Waals surface area contributed by atoms with E-state index in [2.05, 4.69) is 0 Å². The van der Waals surface area contributed by atoms with Crippen molar-refractivity contribution in [2.45, 2.75) is 47.0 Å². The molecule has 0 saturated carbocycles. The molecular weight excluding hydrogens is 378 g/mol. The second-order valence-electron chi connectivity index (χ2n) is 7.21. The molecule has 3 amide bonds. The fourth-order valence-corrected chi connectivity index (χ4v) is 3.68. The molecule has 6 nitrogen and oxygen atoms in total. The number of nitrogens with zero attached hydrogens (tertiary/aromatic N) is 3. The molecule has 0 N–H and O–H groups in total. The number of anilines is 1. The van der Waals surface area contributed by atoms with E-state index in [1.807, 2.05) is 33.8 Å². The van der Waals surface area contributed by atoms with Gasteiger partial charge in [-0.15, -0.1) is 0 Å². The van der Waals surface area contributed by atoms with E-state index >= 15 is 0 Å². The van der Waals surface area contributed by atoms with Gasteiger partial charge in [0.2, 0.25) is 17.7 Å². The highest BCUT2D eigenvalue weighted by atomic mass is 35.5. The minimum atomic E-state index is -0.205. The van der Waals surface area contributed by atoms with Crippen LogP contribution in [-0.4, -0.2) is 53.8 Å².